The van der Waals surface area contributed by atoms with E-state index in [2.05, 4.69) is 5.32 Å². The molecular weight excluding hydrogens is 430 g/mol. The average molecular weight is 455 g/mol. The first-order valence-corrected chi connectivity index (χ1v) is 11.5. The SMILES string of the molecule is O=C(NCCc1ccccc1F)C1CCN(C(=O)c2ccc(-c3ccc(F)cc3)s2)CC1. The third-order valence-corrected chi connectivity index (χ3v) is 6.87. The van der Waals surface area contributed by atoms with Crippen molar-refractivity contribution >= 4 is 23.2 Å². The number of nitrogens with one attached hydrogen (secondary N) is 1. The lowest BCUT2D eigenvalue weighted by Crippen LogP contribution is -2.43. The van der Waals surface area contributed by atoms with Crippen molar-refractivity contribution in [2.75, 3.05) is 19.6 Å². The minimum Gasteiger partial charge on any atom is -0.356 e. The van der Waals surface area contributed by atoms with Crippen LogP contribution in [0.4, 0.5) is 8.78 Å². The lowest BCUT2D eigenvalue weighted by molar-refractivity contribution is -0.126. The predicted octanol–water partition coefficient (Wildman–Crippen LogP) is 4.90. The minimum absolute atomic E-state index is 0.0387. The van der Waals surface area contributed by atoms with Crippen molar-refractivity contribution in [3.8, 4) is 10.4 Å². The van der Waals surface area contributed by atoms with Gasteiger partial charge >= 0.3 is 0 Å². The number of rotatable bonds is 6. The zero-order valence-electron chi connectivity index (χ0n) is 17.5. The summed E-state index contributed by atoms with van der Waals surface area (Å²) in [7, 11) is 0. The highest BCUT2D eigenvalue weighted by molar-refractivity contribution is 7.17. The van der Waals surface area contributed by atoms with Crippen LogP contribution in [0.15, 0.2) is 60.7 Å². The fourth-order valence-electron chi connectivity index (χ4n) is 3.89. The standard InChI is InChI=1S/C25H24F2N2O2S/c26-20-7-5-18(6-8-20)22-9-10-23(32-22)25(31)29-15-12-19(13-16-29)24(30)28-14-11-17-3-1-2-4-21(17)27/h1-10,19H,11-16H2,(H,28,30). The lowest BCUT2D eigenvalue weighted by Gasteiger charge is -2.31. The molecule has 1 saturated heterocycles. The number of nitrogens with zero attached hydrogens (tertiary/aromatic N) is 1. The topological polar surface area (TPSA) is 49.4 Å². The van der Waals surface area contributed by atoms with E-state index < -0.39 is 0 Å². The second kappa shape index (κ2) is 10.0. The van der Waals surface area contributed by atoms with Gasteiger partial charge in [-0.25, -0.2) is 8.78 Å². The molecule has 2 amide bonds. The predicted molar refractivity (Wildman–Crippen MR) is 121 cm³/mol. The van der Waals surface area contributed by atoms with Crippen molar-refractivity contribution in [3.05, 3.63) is 82.7 Å². The number of halogens is 2. The van der Waals surface area contributed by atoms with E-state index in [4.69, 9.17) is 0 Å². The monoisotopic (exact) mass is 454 g/mol. The second-order valence-corrected chi connectivity index (χ2v) is 8.95. The van der Waals surface area contributed by atoms with Crippen LogP contribution in [0.3, 0.4) is 0 Å². The maximum Gasteiger partial charge on any atom is 0.263 e. The summed E-state index contributed by atoms with van der Waals surface area (Å²) in [4.78, 5) is 28.7. The molecule has 0 bridgehead atoms. The summed E-state index contributed by atoms with van der Waals surface area (Å²) in [5.41, 5.74) is 1.46. The van der Waals surface area contributed by atoms with Crippen molar-refractivity contribution in [1.29, 1.82) is 0 Å². The van der Waals surface area contributed by atoms with E-state index in [1.54, 1.807) is 41.3 Å². The van der Waals surface area contributed by atoms with Crippen molar-refractivity contribution in [2.45, 2.75) is 19.3 Å². The highest BCUT2D eigenvalue weighted by atomic mass is 32.1. The molecule has 0 aliphatic carbocycles. The Balaban J connectivity index is 1.26. The van der Waals surface area contributed by atoms with Gasteiger partial charge in [-0.05, 0) is 60.7 Å². The van der Waals surface area contributed by atoms with Crippen LogP contribution in [0.5, 0.6) is 0 Å². The van der Waals surface area contributed by atoms with E-state index in [1.165, 1.54) is 29.5 Å². The molecule has 0 saturated carbocycles. The Kier molecular flexibility index (Phi) is 6.95. The molecule has 1 N–H and O–H groups in total. The molecule has 0 unspecified atom stereocenters. The first kappa shape index (κ1) is 22.1. The van der Waals surface area contributed by atoms with Crippen molar-refractivity contribution < 1.29 is 18.4 Å². The van der Waals surface area contributed by atoms with Crippen LogP contribution in [0.1, 0.15) is 28.1 Å². The molecule has 2 heterocycles. The molecule has 166 valence electrons. The van der Waals surface area contributed by atoms with Crippen molar-refractivity contribution in [2.24, 2.45) is 5.92 Å². The van der Waals surface area contributed by atoms with E-state index in [9.17, 15) is 18.4 Å². The molecule has 4 nitrogen and oxygen atoms in total. The van der Waals surface area contributed by atoms with Crippen LogP contribution in [0.2, 0.25) is 0 Å². The number of hydrogen-bond acceptors (Lipinski definition) is 3. The summed E-state index contributed by atoms with van der Waals surface area (Å²) in [6.07, 6.45) is 1.66. The number of carbonyl (C=O) groups is 2. The minimum atomic E-state index is -0.291. The first-order valence-electron chi connectivity index (χ1n) is 10.7. The Morgan fingerprint density at radius 3 is 2.41 bits per heavy atom. The maximum atomic E-state index is 13.7. The van der Waals surface area contributed by atoms with Gasteiger partial charge in [-0.15, -0.1) is 11.3 Å². The number of likely N-dealkylation sites (tertiary alicyclic amines) is 1. The summed E-state index contributed by atoms with van der Waals surface area (Å²) < 4.78 is 26.8. The molecular formula is C25H24F2N2O2S. The zero-order chi connectivity index (χ0) is 22.5. The van der Waals surface area contributed by atoms with E-state index in [1.807, 2.05) is 6.07 Å². The third kappa shape index (κ3) is 5.22. The van der Waals surface area contributed by atoms with Gasteiger partial charge in [0.25, 0.3) is 5.91 Å². The summed E-state index contributed by atoms with van der Waals surface area (Å²) in [6.45, 7) is 1.43. The van der Waals surface area contributed by atoms with Gasteiger partial charge in [0.2, 0.25) is 5.91 Å². The first-order chi connectivity index (χ1) is 15.5. The Morgan fingerprint density at radius 1 is 0.969 bits per heavy atom. The van der Waals surface area contributed by atoms with Gasteiger partial charge < -0.3 is 10.2 Å². The van der Waals surface area contributed by atoms with Crippen LogP contribution < -0.4 is 5.32 Å². The number of thiophene rings is 1. The molecule has 4 rings (SSSR count). The lowest BCUT2D eigenvalue weighted by atomic mass is 9.95. The van der Waals surface area contributed by atoms with Gasteiger partial charge in [-0.3, -0.25) is 9.59 Å². The molecule has 0 spiro atoms. The third-order valence-electron chi connectivity index (χ3n) is 5.75. The van der Waals surface area contributed by atoms with Gasteiger partial charge in [0.05, 0.1) is 4.88 Å². The summed E-state index contributed by atoms with van der Waals surface area (Å²) in [5.74, 6) is -0.770. The smallest absolute Gasteiger partial charge is 0.263 e. The van der Waals surface area contributed by atoms with Crippen molar-refractivity contribution in [1.82, 2.24) is 10.2 Å². The molecule has 1 fully saturated rings. The van der Waals surface area contributed by atoms with Crippen molar-refractivity contribution in [3.63, 3.8) is 0 Å². The molecule has 2 aromatic carbocycles. The average Bonchev–Trinajstić information content (AvgIpc) is 3.30. The maximum absolute atomic E-state index is 13.7. The number of hydrogen-bond donors (Lipinski definition) is 1. The Hall–Kier alpha value is -3.06. The van der Waals surface area contributed by atoms with Crippen LogP contribution in [-0.4, -0.2) is 36.3 Å². The van der Waals surface area contributed by atoms with Gasteiger partial charge in [0.1, 0.15) is 11.6 Å². The van der Waals surface area contributed by atoms with Crippen LogP contribution in [0, 0.1) is 17.6 Å². The number of piperidine rings is 1. The van der Waals surface area contributed by atoms with Crippen LogP contribution >= 0.6 is 11.3 Å². The highest BCUT2D eigenvalue weighted by Gasteiger charge is 2.28. The van der Waals surface area contributed by atoms with Gasteiger partial charge in [0, 0.05) is 30.4 Å². The molecule has 3 aromatic rings. The van der Waals surface area contributed by atoms with Crippen LogP contribution in [-0.2, 0) is 11.2 Å². The fraction of sp³-hybridized carbons (Fsp3) is 0.280. The van der Waals surface area contributed by atoms with Gasteiger partial charge in [-0.1, -0.05) is 30.3 Å². The Bertz CT molecular complexity index is 1090. The van der Waals surface area contributed by atoms with Gasteiger partial charge in [-0.2, -0.15) is 0 Å². The fourth-order valence-corrected chi connectivity index (χ4v) is 4.87. The normalized spacial score (nSPS) is 14.4. The second-order valence-electron chi connectivity index (χ2n) is 7.87. The highest BCUT2D eigenvalue weighted by Crippen LogP contribution is 2.30. The molecule has 7 heteroatoms. The number of carbonyl (C=O) groups excluding carboxylic acids is 2. The quantitative estimate of drug-likeness (QED) is 0.576. The van der Waals surface area contributed by atoms with E-state index in [-0.39, 0.29) is 29.4 Å². The molecule has 0 atom stereocenters. The molecule has 1 aromatic heterocycles. The Labute approximate surface area is 189 Å². The van der Waals surface area contributed by atoms with E-state index in [0.29, 0.717) is 49.3 Å². The van der Waals surface area contributed by atoms with E-state index in [0.717, 1.165) is 10.4 Å². The van der Waals surface area contributed by atoms with Gasteiger partial charge in [0.15, 0.2) is 0 Å². The Morgan fingerprint density at radius 2 is 1.69 bits per heavy atom. The molecule has 1 aliphatic heterocycles. The van der Waals surface area contributed by atoms with Crippen LogP contribution in [0.25, 0.3) is 10.4 Å². The summed E-state index contributed by atoms with van der Waals surface area (Å²) in [6, 6.07) is 16.4. The number of benzene rings is 2. The summed E-state index contributed by atoms with van der Waals surface area (Å²) in [5, 5.41) is 2.90. The number of amides is 2. The molecule has 1 aliphatic rings. The largest absolute Gasteiger partial charge is 0.356 e. The summed E-state index contributed by atoms with van der Waals surface area (Å²) >= 11 is 1.39. The molecule has 32 heavy (non-hydrogen) atoms. The zero-order valence-corrected chi connectivity index (χ0v) is 18.3. The molecule has 0 radical (unpaired) electrons. The van der Waals surface area contributed by atoms with E-state index >= 15 is 0 Å².